The van der Waals surface area contributed by atoms with E-state index in [4.69, 9.17) is 9.47 Å². The third-order valence-electron chi connectivity index (χ3n) is 3.90. The molecular formula is C17H18FNO2. The molecule has 0 amide bonds. The largest absolute Gasteiger partial charge is 0.493 e. The highest BCUT2D eigenvalue weighted by Gasteiger charge is 2.23. The average Bonchev–Trinajstić information content (AvgIpc) is 2.53. The molecule has 1 heterocycles. The first-order chi connectivity index (χ1) is 10.2. The highest BCUT2D eigenvalue weighted by atomic mass is 19.1. The van der Waals surface area contributed by atoms with E-state index >= 15 is 0 Å². The van der Waals surface area contributed by atoms with Gasteiger partial charge < -0.3 is 14.8 Å². The number of methoxy groups -OCH3 is 2. The van der Waals surface area contributed by atoms with E-state index in [-0.39, 0.29) is 11.9 Å². The van der Waals surface area contributed by atoms with Crippen molar-refractivity contribution in [3.8, 4) is 11.5 Å². The summed E-state index contributed by atoms with van der Waals surface area (Å²) in [7, 11) is 3.27. The Morgan fingerprint density at radius 3 is 2.38 bits per heavy atom. The summed E-state index contributed by atoms with van der Waals surface area (Å²) in [6.45, 7) is 0.879. The normalized spacial score (nSPS) is 17.2. The lowest BCUT2D eigenvalue weighted by Gasteiger charge is -2.28. The predicted molar refractivity (Wildman–Crippen MR) is 79.5 cm³/mol. The lowest BCUT2D eigenvalue weighted by atomic mass is 9.89. The molecule has 3 nitrogen and oxygen atoms in total. The maximum Gasteiger partial charge on any atom is 0.161 e. The number of ether oxygens (including phenoxy) is 2. The third-order valence-corrected chi connectivity index (χ3v) is 3.90. The number of nitrogens with one attached hydrogen (secondary N) is 1. The van der Waals surface area contributed by atoms with Crippen LogP contribution in [0.15, 0.2) is 36.4 Å². The summed E-state index contributed by atoms with van der Waals surface area (Å²) in [5, 5.41) is 3.48. The van der Waals surface area contributed by atoms with Crippen molar-refractivity contribution < 1.29 is 13.9 Å². The Morgan fingerprint density at radius 2 is 1.71 bits per heavy atom. The van der Waals surface area contributed by atoms with Crippen molar-refractivity contribution in [2.75, 3.05) is 20.8 Å². The molecule has 3 rings (SSSR count). The average molecular weight is 287 g/mol. The van der Waals surface area contributed by atoms with E-state index in [0.29, 0.717) is 5.75 Å². The first-order valence-electron chi connectivity index (χ1n) is 6.96. The molecule has 0 saturated heterocycles. The molecule has 2 aromatic rings. The summed E-state index contributed by atoms with van der Waals surface area (Å²) in [6.07, 6.45) is 0.938. The zero-order valence-electron chi connectivity index (χ0n) is 12.2. The molecule has 110 valence electrons. The van der Waals surface area contributed by atoms with Gasteiger partial charge in [-0.05, 0) is 47.4 Å². The zero-order valence-corrected chi connectivity index (χ0v) is 12.2. The second-order valence-corrected chi connectivity index (χ2v) is 5.09. The van der Waals surface area contributed by atoms with Crippen molar-refractivity contribution in [3.63, 3.8) is 0 Å². The molecule has 2 aromatic carbocycles. The summed E-state index contributed by atoms with van der Waals surface area (Å²) < 4.78 is 23.9. The van der Waals surface area contributed by atoms with Crippen molar-refractivity contribution in [2.45, 2.75) is 12.5 Å². The molecule has 0 aromatic heterocycles. The minimum atomic E-state index is -0.220. The summed E-state index contributed by atoms with van der Waals surface area (Å²) in [5.74, 6) is 1.24. The van der Waals surface area contributed by atoms with Gasteiger partial charge in [0.15, 0.2) is 11.5 Å². The maximum atomic E-state index is 13.1. The van der Waals surface area contributed by atoms with Gasteiger partial charge in [-0.1, -0.05) is 12.1 Å². The van der Waals surface area contributed by atoms with Gasteiger partial charge in [0.05, 0.1) is 20.3 Å². The molecule has 21 heavy (non-hydrogen) atoms. The highest BCUT2D eigenvalue weighted by molar-refractivity contribution is 5.51. The minimum Gasteiger partial charge on any atom is -0.493 e. The lowest BCUT2D eigenvalue weighted by molar-refractivity contribution is 0.353. The molecule has 1 aliphatic heterocycles. The molecule has 0 aliphatic carbocycles. The van der Waals surface area contributed by atoms with Crippen LogP contribution in [-0.2, 0) is 6.42 Å². The van der Waals surface area contributed by atoms with Crippen LogP contribution in [0.2, 0.25) is 0 Å². The third kappa shape index (κ3) is 2.59. The molecule has 0 radical (unpaired) electrons. The number of rotatable bonds is 3. The Kier molecular flexibility index (Phi) is 3.80. The highest BCUT2D eigenvalue weighted by Crippen LogP contribution is 2.37. The van der Waals surface area contributed by atoms with Crippen LogP contribution in [0.4, 0.5) is 4.39 Å². The monoisotopic (exact) mass is 287 g/mol. The molecule has 4 heteroatoms. The lowest BCUT2D eigenvalue weighted by Crippen LogP contribution is -2.30. The van der Waals surface area contributed by atoms with E-state index in [0.717, 1.165) is 29.8 Å². The van der Waals surface area contributed by atoms with Crippen LogP contribution >= 0.6 is 0 Å². The Balaban J connectivity index is 2.06. The van der Waals surface area contributed by atoms with E-state index in [1.807, 2.05) is 24.3 Å². The first kappa shape index (κ1) is 13.9. The number of benzene rings is 2. The smallest absolute Gasteiger partial charge is 0.161 e. The summed E-state index contributed by atoms with van der Waals surface area (Å²) in [6, 6.07) is 10.7. The molecule has 1 N–H and O–H groups in total. The number of fused-ring (bicyclic) bond motifs is 1. The molecular weight excluding hydrogens is 269 g/mol. The molecule has 1 atom stereocenters. The van der Waals surface area contributed by atoms with Crippen LogP contribution in [0.1, 0.15) is 22.7 Å². The Bertz CT molecular complexity index is 640. The topological polar surface area (TPSA) is 30.5 Å². The van der Waals surface area contributed by atoms with Crippen molar-refractivity contribution in [1.82, 2.24) is 5.32 Å². The standard InChI is InChI=1S/C17H18FNO2/c1-20-15-9-12-7-8-19-17(14(12)10-16(15)21-2)11-3-5-13(18)6-4-11/h3-6,9-10,17,19H,7-8H2,1-2H3/t17-/m1/s1. The van der Waals surface area contributed by atoms with Crippen LogP contribution in [-0.4, -0.2) is 20.8 Å². The Morgan fingerprint density at radius 1 is 1.05 bits per heavy atom. The van der Waals surface area contributed by atoms with Gasteiger partial charge in [0, 0.05) is 6.54 Å². The van der Waals surface area contributed by atoms with Crippen molar-refractivity contribution >= 4 is 0 Å². The van der Waals surface area contributed by atoms with Crippen LogP contribution in [0.5, 0.6) is 11.5 Å². The predicted octanol–water partition coefficient (Wildman–Crippen LogP) is 3.08. The van der Waals surface area contributed by atoms with Gasteiger partial charge in [-0.2, -0.15) is 0 Å². The maximum absolute atomic E-state index is 13.1. The van der Waals surface area contributed by atoms with Gasteiger partial charge in [-0.25, -0.2) is 4.39 Å². The van der Waals surface area contributed by atoms with E-state index < -0.39 is 0 Å². The van der Waals surface area contributed by atoms with Crippen LogP contribution in [0, 0.1) is 5.82 Å². The number of halogens is 1. The van der Waals surface area contributed by atoms with E-state index in [1.54, 1.807) is 14.2 Å². The summed E-state index contributed by atoms with van der Waals surface area (Å²) >= 11 is 0. The summed E-state index contributed by atoms with van der Waals surface area (Å²) in [4.78, 5) is 0. The first-order valence-corrected chi connectivity index (χ1v) is 6.96. The Labute approximate surface area is 123 Å². The van der Waals surface area contributed by atoms with Crippen molar-refractivity contribution in [2.24, 2.45) is 0 Å². The summed E-state index contributed by atoms with van der Waals surface area (Å²) in [5.41, 5.74) is 3.44. The van der Waals surface area contributed by atoms with Gasteiger partial charge in [0.1, 0.15) is 5.82 Å². The van der Waals surface area contributed by atoms with Gasteiger partial charge in [-0.3, -0.25) is 0 Å². The fourth-order valence-electron chi connectivity index (χ4n) is 2.84. The van der Waals surface area contributed by atoms with E-state index in [1.165, 1.54) is 17.7 Å². The van der Waals surface area contributed by atoms with Gasteiger partial charge in [0.2, 0.25) is 0 Å². The second kappa shape index (κ2) is 5.74. The van der Waals surface area contributed by atoms with Crippen LogP contribution in [0.3, 0.4) is 0 Å². The van der Waals surface area contributed by atoms with E-state index in [2.05, 4.69) is 5.32 Å². The molecule has 0 fully saturated rings. The van der Waals surface area contributed by atoms with E-state index in [9.17, 15) is 4.39 Å². The van der Waals surface area contributed by atoms with Gasteiger partial charge in [-0.15, -0.1) is 0 Å². The SMILES string of the molecule is COc1cc2c(cc1OC)[C@@H](c1ccc(F)cc1)NCC2. The fraction of sp³-hybridized carbons (Fsp3) is 0.294. The Hall–Kier alpha value is -2.07. The molecule has 1 aliphatic rings. The van der Waals surface area contributed by atoms with Gasteiger partial charge >= 0.3 is 0 Å². The number of hydrogen-bond donors (Lipinski definition) is 1. The minimum absolute atomic E-state index is 0.0501. The quantitative estimate of drug-likeness (QED) is 0.941. The second-order valence-electron chi connectivity index (χ2n) is 5.09. The van der Waals surface area contributed by atoms with Crippen LogP contribution in [0.25, 0.3) is 0 Å². The van der Waals surface area contributed by atoms with Gasteiger partial charge in [0.25, 0.3) is 0 Å². The molecule has 0 unspecified atom stereocenters. The fourth-order valence-corrected chi connectivity index (χ4v) is 2.84. The van der Waals surface area contributed by atoms with Crippen molar-refractivity contribution in [3.05, 3.63) is 58.9 Å². The number of hydrogen-bond acceptors (Lipinski definition) is 3. The molecule has 0 spiro atoms. The molecule has 0 bridgehead atoms. The molecule has 0 saturated carbocycles. The van der Waals surface area contributed by atoms with Crippen molar-refractivity contribution in [1.29, 1.82) is 0 Å². The van der Waals surface area contributed by atoms with Crippen LogP contribution < -0.4 is 14.8 Å². The zero-order chi connectivity index (χ0) is 14.8.